The van der Waals surface area contributed by atoms with E-state index in [-0.39, 0.29) is 6.04 Å². The first kappa shape index (κ1) is 17.8. The average molecular weight is 358 g/mol. The Kier molecular flexibility index (Phi) is 8.85. The van der Waals surface area contributed by atoms with Gasteiger partial charge in [0, 0.05) is 24.2 Å². The molecule has 0 amide bonds. The summed E-state index contributed by atoms with van der Waals surface area (Å²) >= 11 is 3.42. The van der Waals surface area contributed by atoms with Gasteiger partial charge in [0.25, 0.3) is 0 Å². The molecule has 0 aliphatic carbocycles. The fraction of sp³-hybridized carbons (Fsp3) is 0.533. The summed E-state index contributed by atoms with van der Waals surface area (Å²) in [5, 5.41) is 6.48. The molecule has 1 atom stereocenters. The van der Waals surface area contributed by atoms with E-state index in [9.17, 15) is 0 Å². The molecule has 0 saturated heterocycles. The van der Waals surface area contributed by atoms with Crippen molar-refractivity contribution in [1.82, 2.24) is 10.6 Å². The number of nitrogens with zero attached hydrogens (tertiary/aromatic N) is 1. The molecule has 0 aliphatic heterocycles. The molecule has 0 radical (unpaired) electrons. The van der Waals surface area contributed by atoms with Crippen LogP contribution in [0.15, 0.2) is 33.7 Å². The normalized spacial score (nSPS) is 12.9. The molecule has 118 valence electrons. The zero-order valence-electron chi connectivity index (χ0n) is 12.9. The summed E-state index contributed by atoms with van der Waals surface area (Å²) in [5.41, 5.74) is 0. The van der Waals surface area contributed by atoms with Gasteiger partial charge in [-0.1, -0.05) is 22.0 Å². The van der Waals surface area contributed by atoms with Gasteiger partial charge in [0.1, 0.15) is 12.4 Å². The molecule has 21 heavy (non-hydrogen) atoms. The maximum atomic E-state index is 5.65. The lowest BCUT2D eigenvalue weighted by molar-refractivity contribution is 0.179. The van der Waals surface area contributed by atoms with Crippen molar-refractivity contribution in [2.75, 3.05) is 33.4 Å². The fourth-order valence-electron chi connectivity index (χ4n) is 1.72. The van der Waals surface area contributed by atoms with E-state index in [0.717, 1.165) is 22.7 Å². The molecule has 1 aromatic rings. The summed E-state index contributed by atoms with van der Waals surface area (Å²) in [5.74, 6) is 1.62. The van der Waals surface area contributed by atoms with Crippen molar-refractivity contribution in [1.29, 1.82) is 0 Å². The number of aliphatic imine (C=N–C) groups is 1. The predicted molar refractivity (Wildman–Crippen MR) is 90.1 cm³/mol. The minimum Gasteiger partial charge on any atom is -0.492 e. The summed E-state index contributed by atoms with van der Waals surface area (Å²) in [6.45, 7) is 6.66. The van der Waals surface area contributed by atoms with Crippen LogP contribution in [0.5, 0.6) is 5.75 Å². The Bertz CT molecular complexity index is 441. The molecule has 1 rings (SSSR count). The van der Waals surface area contributed by atoms with Crippen LogP contribution >= 0.6 is 15.9 Å². The highest BCUT2D eigenvalue weighted by atomic mass is 79.9. The zero-order valence-corrected chi connectivity index (χ0v) is 14.4. The number of rotatable bonds is 8. The predicted octanol–water partition coefficient (Wildman–Crippen LogP) is 2.42. The van der Waals surface area contributed by atoms with E-state index in [4.69, 9.17) is 9.47 Å². The van der Waals surface area contributed by atoms with E-state index in [1.807, 2.05) is 38.1 Å². The molecule has 0 bridgehead atoms. The molecule has 0 heterocycles. The largest absolute Gasteiger partial charge is 0.492 e. The third kappa shape index (κ3) is 7.92. The monoisotopic (exact) mass is 357 g/mol. The second kappa shape index (κ2) is 10.5. The van der Waals surface area contributed by atoms with Crippen molar-refractivity contribution in [2.24, 2.45) is 4.99 Å². The third-order valence-corrected chi connectivity index (χ3v) is 3.06. The fourth-order valence-corrected chi connectivity index (χ4v) is 2.10. The summed E-state index contributed by atoms with van der Waals surface area (Å²) < 4.78 is 11.8. The number of methoxy groups -OCH3 is 1. The van der Waals surface area contributed by atoms with Crippen molar-refractivity contribution in [3.8, 4) is 5.75 Å². The maximum Gasteiger partial charge on any atom is 0.191 e. The zero-order chi connectivity index (χ0) is 15.5. The van der Waals surface area contributed by atoms with E-state index < -0.39 is 0 Å². The molecule has 0 spiro atoms. The smallest absolute Gasteiger partial charge is 0.191 e. The first-order valence-corrected chi connectivity index (χ1v) is 7.87. The van der Waals surface area contributed by atoms with Crippen LogP contribution in [0.3, 0.4) is 0 Å². The quantitative estimate of drug-likeness (QED) is 0.426. The highest BCUT2D eigenvalue weighted by Gasteiger charge is 2.03. The van der Waals surface area contributed by atoms with Gasteiger partial charge in [0.15, 0.2) is 5.96 Å². The molecule has 0 aromatic heterocycles. The molecule has 2 N–H and O–H groups in total. The Hall–Kier alpha value is -1.27. The standard InChI is InChI=1S/C15H24BrN3O2/c1-4-17-15(19-12(2)11-20-3)18-8-9-21-14-7-5-6-13(16)10-14/h5-7,10,12H,4,8-9,11H2,1-3H3,(H2,17,18,19). The topological polar surface area (TPSA) is 54.9 Å². The Labute approximate surface area is 135 Å². The molecule has 1 aromatic carbocycles. The van der Waals surface area contributed by atoms with Gasteiger partial charge in [0.05, 0.1) is 13.2 Å². The first-order chi connectivity index (χ1) is 10.2. The van der Waals surface area contributed by atoms with Crippen LogP contribution in [0.1, 0.15) is 13.8 Å². The molecular formula is C15H24BrN3O2. The van der Waals surface area contributed by atoms with Gasteiger partial charge < -0.3 is 20.1 Å². The number of guanidine groups is 1. The van der Waals surface area contributed by atoms with Crippen LogP contribution in [0, 0.1) is 0 Å². The van der Waals surface area contributed by atoms with Gasteiger partial charge in [-0.3, -0.25) is 0 Å². The van der Waals surface area contributed by atoms with Crippen LogP contribution in [-0.2, 0) is 4.74 Å². The summed E-state index contributed by atoms with van der Waals surface area (Å²) in [6, 6.07) is 7.99. The van der Waals surface area contributed by atoms with Crippen molar-refractivity contribution >= 4 is 21.9 Å². The van der Waals surface area contributed by atoms with Gasteiger partial charge in [-0.05, 0) is 32.0 Å². The summed E-state index contributed by atoms with van der Waals surface area (Å²) in [6.07, 6.45) is 0. The van der Waals surface area contributed by atoms with Gasteiger partial charge >= 0.3 is 0 Å². The van der Waals surface area contributed by atoms with Crippen LogP contribution < -0.4 is 15.4 Å². The summed E-state index contributed by atoms with van der Waals surface area (Å²) in [7, 11) is 1.69. The van der Waals surface area contributed by atoms with Crippen LogP contribution in [0.2, 0.25) is 0 Å². The van der Waals surface area contributed by atoms with Crippen LogP contribution in [-0.4, -0.2) is 45.4 Å². The Morgan fingerprint density at radius 1 is 1.43 bits per heavy atom. The summed E-state index contributed by atoms with van der Waals surface area (Å²) in [4.78, 5) is 4.48. The van der Waals surface area contributed by atoms with Crippen molar-refractivity contribution in [2.45, 2.75) is 19.9 Å². The van der Waals surface area contributed by atoms with Crippen LogP contribution in [0.4, 0.5) is 0 Å². The lowest BCUT2D eigenvalue weighted by atomic mass is 10.3. The second-order valence-electron chi connectivity index (χ2n) is 4.57. The molecular weight excluding hydrogens is 334 g/mol. The van der Waals surface area contributed by atoms with Gasteiger partial charge in [0.2, 0.25) is 0 Å². The molecule has 0 aliphatic rings. The minimum atomic E-state index is 0.207. The SMILES string of the molecule is CCNC(=NCCOc1cccc(Br)c1)NC(C)COC. The third-order valence-electron chi connectivity index (χ3n) is 2.57. The lowest BCUT2D eigenvalue weighted by Gasteiger charge is -2.17. The lowest BCUT2D eigenvalue weighted by Crippen LogP contribution is -2.44. The van der Waals surface area contributed by atoms with E-state index in [0.29, 0.717) is 19.8 Å². The number of hydrogen-bond donors (Lipinski definition) is 2. The highest BCUT2D eigenvalue weighted by Crippen LogP contribution is 2.17. The van der Waals surface area contributed by atoms with Crippen molar-refractivity contribution < 1.29 is 9.47 Å². The Morgan fingerprint density at radius 2 is 2.24 bits per heavy atom. The second-order valence-corrected chi connectivity index (χ2v) is 5.48. The van der Waals surface area contributed by atoms with E-state index >= 15 is 0 Å². The number of nitrogens with one attached hydrogen (secondary N) is 2. The molecule has 0 saturated carbocycles. The molecule has 5 nitrogen and oxygen atoms in total. The van der Waals surface area contributed by atoms with E-state index in [1.165, 1.54) is 0 Å². The molecule has 0 fully saturated rings. The number of benzene rings is 1. The van der Waals surface area contributed by atoms with Crippen molar-refractivity contribution in [3.63, 3.8) is 0 Å². The van der Waals surface area contributed by atoms with Gasteiger partial charge in [-0.2, -0.15) is 0 Å². The van der Waals surface area contributed by atoms with Gasteiger partial charge in [-0.15, -0.1) is 0 Å². The number of ether oxygens (including phenoxy) is 2. The number of hydrogen-bond acceptors (Lipinski definition) is 3. The van der Waals surface area contributed by atoms with E-state index in [1.54, 1.807) is 7.11 Å². The highest BCUT2D eigenvalue weighted by molar-refractivity contribution is 9.10. The number of halogens is 1. The minimum absolute atomic E-state index is 0.207. The van der Waals surface area contributed by atoms with Gasteiger partial charge in [-0.25, -0.2) is 4.99 Å². The Morgan fingerprint density at radius 3 is 2.90 bits per heavy atom. The Balaban J connectivity index is 2.39. The first-order valence-electron chi connectivity index (χ1n) is 7.07. The maximum absolute atomic E-state index is 5.65. The van der Waals surface area contributed by atoms with Crippen molar-refractivity contribution in [3.05, 3.63) is 28.7 Å². The van der Waals surface area contributed by atoms with E-state index in [2.05, 4.69) is 31.6 Å². The van der Waals surface area contributed by atoms with Crippen LogP contribution in [0.25, 0.3) is 0 Å². The average Bonchev–Trinajstić information content (AvgIpc) is 2.44. The molecule has 1 unspecified atom stereocenters. The molecule has 6 heteroatoms.